The highest BCUT2D eigenvalue weighted by Gasteiger charge is 2.53. The molecule has 1 aliphatic heterocycles. The van der Waals surface area contributed by atoms with E-state index in [0.717, 1.165) is 22.3 Å². The number of hydrogen-bond donors (Lipinski definition) is 2. The van der Waals surface area contributed by atoms with E-state index in [0.29, 0.717) is 24.3 Å². The van der Waals surface area contributed by atoms with Crippen molar-refractivity contribution in [3.8, 4) is 16.9 Å². The number of aliphatic hydroxyl groups is 1. The molecule has 0 saturated carbocycles. The Morgan fingerprint density at radius 3 is 2.12 bits per heavy atom. The maximum atomic E-state index is 13.0. The third-order valence-corrected chi connectivity index (χ3v) is 6.87. The molecule has 5 rings (SSSR count). The fourth-order valence-electron chi connectivity index (χ4n) is 4.72. The molecular formula is C34H31NO5. The zero-order chi connectivity index (χ0) is 27.8. The van der Waals surface area contributed by atoms with Crippen molar-refractivity contribution in [3.63, 3.8) is 0 Å². The van der Waals surface area contributed by atoms with Gasteiger partial charge in [-0.15, -0.1) is 0 Å². The fourth-order valence-corrected chi connectivity index (χ4v) is 4.72. The Balaban J connectivity index is 1.47. The van der Waals surface area contributed by atoms with E-state index < -0.39 is 17.6 Å². The molecule has 2 atom stereocenters. The number of carboxylic acids is 1. The molecule has 40 heavy (non-hydrogen) atoms. The highest BCUT2D eigenvalue weighted by molar-refractivity contribution is 5.99. The van der Waals surface area contributed by atoms with Gasteiger partial charge in [-0.3, -0.25) is 0 Å². The second-order valence-electron chi connectivity index (χ2n) is 9.60. The Kier molecular flexibility index (Phi) is 8.38. The Morgan fingerprint density at radius 1 is 0.850 bits per heavy atom. The van der Waals surface area contributed by atoms with E-state index in [2.05, 4.69) is 0 Å². The highest BCUT2D eigenvalue weighted by atomic mass is 16.5. The zero-order valence-corrected chi connectivity index (χ0v) is 22.0. The number of aliphatic imine (C=N–C) groups is 1. The molecule has 0 aromatic heterocycles. The summed E-state index contributed by atoms with van der Waals surface area (Å²) in [7, 11) is 0. The Morgan fingerprint density at radius 2 is 1.48 bits per heavy atom. The number of hydrogen-bond acceptors (Lipinski definition) is 5. The fraction of sp³-hybridized carbons (Fsp3) is 0.176. The topological polar surface area (TPSA) is 88.4 Å². The molecule has 0 saturated heterocycles. The molecule has 0 radical (unpaired) electrons. The summed E-state index contributed by atoms with van der Waals surface area (Å²) in [4.78, 5) is 17.7. The molecule has 0 aliphatic carbocycles. The number of nitrogens with zero attached hydrogens (tertiary/aromatic N) is 1. The van der Waals surface area contributed by atoms with Gasteiger partial charge in [0.1, 0.15) is 5.75 Å². The highest BCUT2D eigenvalue weighted by Crippen LogP contribution is 2.43. The molecule has 202 valence electrons. The smallest absolute Gasteiger partial charge is 0.336 e. The first-order valence-electron chi connectivity index (χ1n) is 13.3. The van der Waals surface area contributed by atoms with Crippen LogP contribution in [0.25, 0.3) is 17.2 Å². The summed E-state index contributed by atoms with van der Waals surface area (Å²) in [6.07, 6.45) is 3.62. The molecular weight excluding hydrogens is 502 g/mol. The molecule has 4 aromatic rings. The normalized spacial score (nSPS) is 18.3. The van der Waals surface area contributed by atoms with Gasteiger partial charge >= 0.3 is 5.97 Å². The number of benzene rings is 4. The molecule has 1 heterocycles. The molecule has 6 heteroatoms. The molecule has 0 spiro atoms. The lowest BCUT2D eigenvalue weighted by molar-refractivity contribution is -0.146. The van der Waals surface area contributed by atoms with Gasteiger partial charge < -0.3 is 19.7 Å². The van der Waals surface area contributed by atoms with Gasteiger partial charge in [-0.2, -0.15) is 0 Å². The van der Waals surface area contributed by atoms with Gasteiger partial charge in [0, 0.05) is 25.0 Å². The predicted octanol–water partition coefficient (Wildman–Crippen LogP) is 6.56. The second kappa shape index (κ2) is 12.5. The molecule has 0 fully saturated rings. The first-order chi connectivity index (χ1) is 19.6. The van der Waals surface area contributed by atoms with Crippen molar-refractivity contribution in [1.82, 2.24) is 0 Å². The van der Waals surface area contributed by atoms with E-state index >= 15 is 0 Å². The largest absolute Gasteiger partial charge is 0.494 e. The van der Waals surface area contributed by atoms with E-state index in [1.807, 2.05) is 97.1 Å². The summed E-state index contributed by atoms with van der Waals surface area (Å²) in [5.74, 6) is -0.130. The Bertz CT molecular complexity index is 1460. The Labute approximate surface area is 233 Å². The maximum Gasteiger partial charge on any atom is 0.336 e. The molecule has 0 amide bonds. The van der Waals surface area contributed by atoms with Crippen molar-refractivity contribution >= 4 is 17.9 Å². The van der Waals surface area contributed by atoms with Crippen molar-refractivity contribution in [2.75, 3.05) is 13.2 Å². The van der Waals surface area contributed by atoms with Crippen molar-refractivity contribution < 1.29 is 24.5 Å². The first kappa shape index (κ1) is 26.9. The SMILES string of the molecule is O=C(O)[C@]1(C/C=C/c2ccccc2)N=C(c2ccc(OCCCO)cc2)O[C@@H]1c1ccc(-c2ccccc2)cc1. The first-order valence-corrected chi connectivity index (χ1v) is 13.3. The molecule has 6 nitrogen and oxygen atoms in total. The van der Waals surface area contributed by atoms with Gasteiger partial charge in [0.05, 0.1) is 6.61 Å². The van der Waals surface area contributed by atoms with Crippen LogP contribution in [0, 0.1) is 0 Å². The van der Waals surface area contributed by atoms with E-state index in [1.54, 1.807) is 24.3 Å². The lowest BCUT2D eigenvalue weighted by Crippen LogP contribution is -2.40. The summed E-state index contributed by atoms with van der Waals surface area (Å²) < 4.78 is 12.0. The Hall–Kier alpha value is -4.68. The van der Waals surface area contributed by atoms with Crippen LogP contribution in [-0.2, 0) is 9.53 Å². The van der Waals surface area contributed by atoms with Crippen LogP contribution in [0.1, 0.15) is 35.6 Å². The number of aliphatic hydroxyl groups excluding tert-OH is 1. The average molecular weight is 534 g/mol. The van der Waals surface area contributed by atoms with Crippen LogP contribution in [0.4, 0.5) is 0 Å². The quantitative estimate of drug-likeness (QED) is 0.213. The molecule has 0 unspecified atom stereocenters. The standard InChI is InChI=1S/C34H31NO5/c36-23-8-24-39-30-20-18-29(19-21-30)32-35-34(33(37)38,22-7-11-25-9-3-1-4-10-25)31(40-32)28-16-14-27(15-17-28)26-12-5-2-6-13-26/h1-7,9-21,31,36H,8,22-24H2,(H,37,38)/b11-7+/t31-,34-/m1/s1. The van der Waals surface area contributed by atoms with Crippen LogP contribution in [0.3, 0.4) is 0 Å². The van der Waals surface area contributed by atoms with Gasteiger partial charge in [-0.25, -0.2) is 9.79 Å². The van der Waals surface area contributed by atoms with Crippen LogP contribution in [0.5, 0.6) is 5.75 Å². The third kappa shape index (κ3) is 5.98. The minimum absolute atomic E-state index is 0.0619. The lowest BCUT2D eigenvalue weighted by atomic mass is 9.84. The van der Waals surface area contributed by atoms with Crippen LogP contribution in [0.2, 0.25) is 0 Å². The van der Waals surface area contributed by atoms with E-state index in [-0.39, 0.29) is 18.9 Å². The maximum absolute atomic E-state index is 13.0. The zero-order valence-electron chi connectivity index (χ0n) is 22.0. The van der Waals surface area contributed by atoms with E-state index in [1.165, 1.54) is 0 Å². The molecule has 1 aliphatic rings. The minimum atomic E-state index is -1.55. The van der Waals surface area contributed by atoms with Crippen LogP contribution < -0.4 is 4.74 Å². The monoisotopic (exact) mass is 533 g/mol. The van der Waals surface area contributed by atoms with Crippen molar-refractivity contribution in [2.45, 2.75) is 24.5 Å². The van der Waals surface area contributed by atoms with Gasteiger partial charge in [-0.05, 0) is 46.5 Å². The van der Waals surface area contributed by atoms with Gasteiger partial charge in [0.25, 0.3) is 0 Å². The minimum Gasteiger partial charge on any atom is -0.494 e. The van der Waals surface area contributed by atoms with E-state index in [4.69, 9.17) is 19.6 Å². The summed E-state index contributed by atoms with van der Waals surface area (Å²) in [6.45, 7) is 0.469. The van der Waals surface area contributed by atoms with Crippen molar-refractivity contribution in [1.29, 1.82) is 0 Å². The summed E-state index contributed by atoms with van der Waals surface area (Å²) in [6, 6.07) is 34.8. The van der Waals surface area contributed by atoms with Crippen LogP contribution >= 0.6 is 0 Å². The molecule has 4 aromatic carbocycles. The molecule has 0 bridgehead atoms. The van der Waals surface area contributed by atoms with Gasteiger partial charge in [-0.1, -0.05) is 97.1 Å². The number of aliphatic carboxylic acids is 1. The van der Waals surface area contributed by atoms with Crippen molar-refractivity contribution in [2.24, 2.45) is 4.99 Å². The molecule has 2 N–H and O–H groups in total. The summed E-state index contributed by atoms with van der Waals surface area (Å²) >= 11 is 0. The van der Waals surface area contributed by atoms with Gasteiger partial charge in [0.15, 0.2) is 6.10 Å². The summed E-state index contributed by atoms with van der Waals surface area (Å²) in [5, 5.41) is 19.6. The third-order valence-electron chi connectivity index (χ3n) is 6.87. The predicted molar refractivity (Wildman–Crippen MR) is 156 cm³/mol. The second-order valence-corrected chi connectivity index (χ2v) is 9.60. The van der Waals surface area contributed by atoms with Gasteiger partial charge in [0.2, 0.25) is 11.4 Å². The average Bonchev–Trinajstić information content (AvgIpc) is 3.40. The van der Waals surface area contributed by atoms with E-state index in [9.17, 15) is 9.90 Å². The number of ether oxygens (including phenoxy) is 2. The number of rotatable bonds is 11. The number of carbonyl (C=O) groups is 1. The van der Waals surface area contributed by atoms with Crippen molar-refractivity contribution in [3.05, 3.63) is 132 Å². The van der Waals surface area contributed by atoms with Crippen LogP contribution in [0.15, 0.2) is 120 Å². The lowest BCUT2D eigenvalue weighted by Gasteiger charge is -2.27. The number of carboxylic acid groups (broad SMARTS) is 1. The summed E-state index contributed by atoms with van der Waals surface area (Å²) in [5.41, 5.74) is 2.94. The van der Waals surface area contributed by atoms with Crippen LogP contribution in [-0.4, -0.2) is 40.8 Å².